The first-order valence-electron chi connectivity index (χ1n) is 8.73. The summed E-state index contributed by atoms with van der Waals surface area (Å²) in [5.41, 5.74) is 6.94. The normalized spacial score (nSPS) is 14.0. The first-order chi connectivity index (χ1) is 11.8. The van der Waals surface area contributed by atoms with Crippen molar-refractivity contribution in [2.45, 2.75) is 33.0 Å². The van der Waals surface area contributed by atoms with Gasteiger partial charge in [0.25, 0.3) is 0 Å². The maximum Gasteiger partial charge on any atom is 0.0522 e. The molecule has 0 bridgehead atoms. The van der Waals surface area contributed by atoms with Crippen LogP contribution in [0.4, 0.5) is 0 Å². The number of hydrogen-bond acceptors (Lipinski definition) is 2. The van der Waals surface area contributed by atoms with E-state index in [1.54, 1.807) is 0 Å². The van der Waals surface area contributed by atoms with Crippen LogP contribution in [0.25, 0.3) is 11.1 Å². The van der Waals surface area contributed by atoms with Crippen LogP contribution in [0.2, 0.25) is 0 Å². The van der Waals surface area contributed by atoms with Crippen molar-refractivity contribution in [1.82, 2.24) is 14.7 Å². The zero-order valence-electron chi connectivity index (χ0n) is 14.2. The Morgan fingerprint density at radius 2 is 1.54 bits per heavy atom. The summed E-state index contributed by atoms with van der Waals surface area (Å²) in [6, 6.07) is 17.6. The van der Waals surface area contributed by atoms with Crippen molar-refractivity contribution >= 4 is 0 Å². The van der Waals surface area contributed by atoms with Crippen LogP contribution in [-0.4, -0.2) is 21.2 Å². The Morgan fingerprint density at radius 3 is 2.12 bits per heavy atom. The van der Waals surface area contributed by atoms with E-state index < -0.39 is 0 Å². The number of nitrogens with zero attached hydrogens (tertiary/aromatic N) is 3. The van der Waals surface area contributed by atoms with Crippen LogP contribution in [-0.2, 0) is 26.1 Å². The lowest BCUT2D eigenvalue weighted by Gasteiger charge is -2.20. The predicted octanol–water partition coefficient (Wildman–Crippen LogP) is 4.13. The molecular weight excluding hydrogens is 294 g/mol. The summed E-state index contributed by atoms with van der Waals surface area (Å²) in [5, 5.41) is 4.39. The lowest BCUT2D eigenvalue weighted by molar-refractivity contribution is 0.263. The molecule has 3 heteroatoms. The van der Waals surface area contributed by atoms with Crippen LogP contribution in [0.3, 0.4) is 0 Å². The van der Waals surface area contributed by atoms with Crippen LogP contribution < -0.4 is 0 Å². The Kier molecular flexibility index (Phi) is 4.18. The van der Waals surface area contributed by atoms with E-state index in [0.717, 1.165) is 32.6 Å². The minimum absolute atomic E-state index is 0.935. The highest BCUT2D eigenvalue weighted by molar-refractivity contribution is 5.71. The van der Waals surface area contributed by atoms with Gasteiger partial charge in [-0.25, -0.2) is 0 Å². The minimum Gasteiger partial charge on any atom is -0.294 e. The van der Waals surface area contributed by atoms with Gasteiger partial charge in [-0.2, -0.15) is 5.10 Å². The van der Waals surface area contributed by atoms with E-state index in [-0.39, 0.29) is 0 Å². The zero-order chi connectivity index (χ0) is 16.4. The summed E-state index contributed by atoms with van der Waals surface area (Å²) in [6.07, 6.45) is 5.22. The predicted molar refractivity (Wildman–Crippen MR) is 97.6 cm³/mol. The third-order valence-electron chi connectivity index (χ3n) is 4.84. The zero-order valence-corrected chi connectivity index (χ0v) is 14.2. The van der Waals surface area contributed by atoms with Crippen molar-refractivity contribution in [2.24, 2.45) is 0 Å². The molecule has 2 aromatic carbocycles. The maximum absolute atomic E-state index is 4.39. The van der Waals surface area contributed by atoms with E-state index in [4.69, 9.17) is 0 Å². The number of aryl methyl sites for hydroxylation is 1. The van der Waals surface area contributed by atoms with Crippen LogP contribution in [0.5, 0.6) is 0 Å². The largest absolute Gasteiger partial charge is 0.294 e. The molecular formula is C21H23N3. The Balaban J connectivity index is 1.58. The van der Waals surface area contributed by atoms with Gasteiger partial charge in [0, 0.05) is 32.4 Å². The van der Waals surface area contributed by atoms with Gasteiger partial charge in [0.1, 0.15) is 0 Å². The Bertz CT molecular complexity index is 787. The van der Waals surface area contributed by atoms with Gasteiger partial charge in [-0.05, 0) is 41.2 Å². The van der Waals surface area contributed by atoms with E-state index in [1.807, 2.05) is 10.9 Å². The fraction of sp³-hybridized carbons (Fsp3) is 0.286. The van der Waals surface area contributed by atoms with Crippen molar-refractivity contribution in [3.63, 3.8) is 0 Å². The molecule has 0 atom stereocenters. The van der Waals surface area contributed by atoms with Gasteiger partial charge in [-0.1, -0.05) is 48.5 Å². The molecule has 24 heavy (non-hydrogen) atoms. The molecule has 0 radical (unpaired) electrons. The van der Waals surface area contributed by atoms with Gasteiger partial charge < -0.3 is 0 Å². The standard InChI is InChI=1S/C21H23N3/c1-2-24-14-17(13-22-24)11-12-23-15-18-7-3-5-9-20(18)21-10-6-4-8-19(21)16-23/h3-10,13-14H,2,11-12,15-16H2,1H3. The topological polar surface area (TPSA) is 21.1 Å². The third-order valence-corrected chi connectivity index (χ3v) is 4.84. The summed E-state index contributed by atoms with van der Waals surface area (Å²) < 4.78 is 2.00. The summed E-state index contributed by atoms with van der Waals surface area (Å²) in [7, 11) is 0. The number of aromatic nitrogens is 2. The molecule has 122 valence electrons. The van der Waals surface area contributed by atoms with E-state index in [1.165, 1.54) is 27.8 Å². The van der Waals surface area contributed by atoms with Crippen molar-refractivity contribution in [2.75, 3.05) is 6.54 Å². The van der Waals surface area contributed by atoms with E-state index in [2.05, 4.69) is 71.7 Å². The fourth-order valence-electron chi connectivity index (χ4n) is 3.53. The number of fused-ring (bicyclic) bond motifs is 3. The molecule has 0 fully saturated rings. The second-order valence-corrected chi connectivity index (χ2v) is 6.48. The van der Waals surface area contributed by atoms with Crippen LogP contribution in [0.15, 0.2) is 60.9 Å². The number of benzene rings is 2. The van der Waals surface area contributed by atoms with Crippen molar-refractivity contribution in [3.05, 3.63) is 77.6 Å². The average molecular weight is 317 g/mol. The molecule has 0 amide bonds. The molecule has 1 aromatic heterocycles. The summed E-state index contributed by atoms with van der Waals surface area (Å²) in [5.74, 6) is 0. The fourth-order valence-corrected chi connectivity index (χ4v) is 3.53. The summed E-state index contributed by atoms with van der Waals surface area (Å²) in [4.78, 5) is 2.55. The van der Waals surface area contributed by atoms with Crippen LogP contribution in [0, 0.1) is 0 Å². The molecule has 0 saturated heterocycles. The van der Waals surface area contributed by atoms with Crippen LogP contribution in [0.1, 0.15) is 23.6 Å². The highest BCUT2D eigenvalue weighted by Crippen LogP contribution is 2.32. The Morgan fingerprint density at radius 1 is 0.917 bits per heavy atom. The molecule has 1 aliphatic rings. The second-order valence-electron chi connectivity index (χ2n) is 6.48. The van der Waals surface area contributed by atoms with E-state index >= 15 is 0 Å². The lowest BCUT2D eigenvalue weighted by Crippen LogP contribution is -2.24. The molecule has 4 rings (SSSR count). The van der Waals surface area contributed by atoms with Gasteiger partial charge >= 0.3 is 0 Å². The Hall–Kier alpha value is -2.39. The highest BCUT2D eigenvalue weighted by Gasteiger charge is 2.18. The van der Waals surface area contributed by atoms with Gasteiger partial charge in [-0.3, -0.25) is 9.58 Å². The van der Waals surface area contributed by atoms with E-state index in [9.17, 15) is 0 Å². The van der Waals surface area contributed by atoms with E-state index in [0.29, 0.717) is 0 Å². The average Bonchev–Trinajstić information content (AvgIpc) is 3.02. The van der Waals surface area contributed by atoms with Crippen molar-refractivity contribution in [1.29, 1.82) is 0 Å². The molecule has 0 spiro atoms. The molecule has 0 saturated carbocycles. The second kappa shape index (κ2) is 6.62. The molecule has 0 aliphatic carbocycles. The highest BCUT2D eigenvalue weighted by atomic mass is 15.3. The van der Waals surface area contributed by atoms with Crippen molar-refractivity contribution < 1.29 is 0 Å². The minimum atomic E-state index is 0.935. The lowest BCUT2D eigenvalue weighted by atomic mass is 9.97. The van der Waals surface area contributed by atoms with Gasteiger partial charge in [-0.15, -0.1) is 0 Å². The van der Waals surface area contributed by atoms with Crippen LogP contribution >= 0.6 is 0 Å². The third kappa shape index (κ3) is 3.00. The number of rotatable bonds is 4. The first-order valence-corrected chi connectivity index (χ1v) is 8.73. The van der Waals surface area contributed by atoms with Gasteiger partial charge in [0.15, 0.2) is 0 Å². The molecule has 3 nitrogen and oxygen atoms in total. The molecule has 1 aliphatic heterocycles. The molecule has 2 heterocycles. The first kappa shape index (κ1) is 15.2. The molecule has 0 N–H and O–H groups in total. The monoisotopic (exact) mass is 317 g/mol. The summed E-state index contributed by atoms with van der Waals surface area (Å²) in [6.45, 7) is 6.13. The number of hydrogen-bond donors (Lipinski definition) is 0. The maximum atomic E-state index is 4.39. The smallest absolute Gasteiger partial charge is 0.0522 e. The SMILES string of the molecule is CCn1cc(CCN2Cc3ccccc3-c3ccccc3C2)cn1. The van der Waals surface area contributed by atoms with Gasteiger partial charge in [0.2, 0.25) is 0 Å². The molecule has 3 aromatic rings. The summed E-state index contributed by atoms with van der Waals surface area (Å²) >= 11 is 0. The quantitative estimate of drug-likeness (QED) is 0.721. The van der Waals surface area contributed by atoms with Crippen molar-refractivity contribution in [3.8, 4) is 11.1 Å². The Labute approximate surface area is 143 Å². The van der Waals surface area contributed by atoms with Gasteiger partial charge in [0.05, 0.1) is 6.20 Å². The molecule has 0 unspecified atom stereocenters.